The number of nitrogens with one attached hydrogen (secondary N) is 1. The SMILES string of the molecule is CCC(C)CNCc1ccc(N2CCC3(CC2)CCN(C2CCC2)CC3)cc1. The van der Waals surface area contributed by atoms with Crippen LogP contribution in [0.2, 0.25) is 0 Å². The molecule has 0 amide bonds. The highest BCUT2D eigenvalue weighted by Gasteiger charge is 2.39. The molecule has 28 heavy (non-hydrogen) atoms. The Bertz CT molecular complexity index is 589. The number of benzene rings is 1. The molecule has 156 valence electrons. The van der Waals surface area contributed by atoms with E-state index in [4.69, 9.17) is 0 Å². The van der Waals surface area contributed by atoms with E-state index in [0.717, 1.165) is 25.0 Å². The quantitative estimate of drug-likeness (QED) is 0.710. The molecule has 1 spiro atoms. The third-order valence-electron chi connectivity index (χ3n) is 8.09. The van der Waals surface area contributed by atoms with Crippen molar-refractivity contribution in [2.75, 3.05) is 37.6 Å². The topological polar surface area (TPSA) is 18.5 Å². The molecule has 1 unspecified atom stereocenters. The summed E-state index contributed by atoms with van der Waals surface area (Å²) in [4.78, 5) is 5.43. The van der Waals surface area contributed by atoms with E-state index >= 15 is 0 Å². The fraction of sp³-hybridized carbons (Fsp3) is 0.760. The summed E-state index contributed by atoms with van der Waals surface area (Å²) in [6.45, 7) is 11.9. The lowest BCUT2D eigenvalue weighted by Crippen LogP contribution is -2.50. The van der Waals surface area contributed by atoms with Crippen LogP contribution in [0.4, 0.5) is 5.69 Å². The van der Waals surface area contributed by atoms with Crippen molar-refractivity contribution in [3.05, 3.63) is 29.8 Å². The van der Waals surface area contributed by atoms with Gasteiger partial charge in [0.05, 0.1) is 0 Å². The van der Waals surface area contributed by atoms with Gasteiger partial charge in [0, 0.05) is 31.4 Å². The van der Waals surface area contributed by atoms with Gasteiger partial charge >= 0.3 is 0 Å². The number of nitrogens with zero attached hydrogens (tertiary/aromatic N) is 2. The lowest BCUT2D eigenvalue weighted by Gasteiger charge is -2.50. The first kappa shape index (κ1) is 20.2. The van der Waals surface area contributed by atoms with E-state index in [1.807, 2.05) is 0 Å². The highest BCUT2D eigenvalue weighted by molar-refractivity contribution is 5.48. The number of anilines is 1. The number of hydrogen-bond acceptors (Lipinski definition) is 3. The van der Waals surface area contributed by atoms with Crippen molar-refractivity contribution in [1.29, 1.82) is 0 Å². The van der Waals surface area contributed by atoms with E-state index in [0.29, 0.717) is 5.41 Å². The summed E-state index contributed by atoms with van der Waals surface area (Å²) in [6, 6.07) is 10.3. The molecule has 3 fully saturated rings. The maximum atomic E-state index is 3.59. The van der Waals surface area contributed by atoms with Gasteiger partial charge in [0.25, 0.3) is 0 Å². The van der Waals surface area contributed by atoms with Gasteiger partial charge in [0.2, 0.25) is 0 Å². The number of likely N-dealkylation sites (tertiary alicyclic amines) is 1. The van der Waals surface area contributed by atoms with Crippen molar-refractivity contribution in [3.63, 3.8) is 0 Å². The lowest BCUT2D eigenvalue weighted by atomic mass is 9.70. The second-order valence-electron chi connectivity index (χ2n) is 9.92. The van der Waals surface area contributed by atoms with E-state index < -0.39 is 0 Å². The Labute approximate surface area is 172 Å². The van der Waals surface area contributed by atoms with Crippen molar-refractivity contribution in [2.45, 2.75) is 77.8 Å². The second-order valence-corrected chi connectivity index (χ2v) is 9.92. The van der Waals surface area contributed by atoms with Gasteiger partial charge in [0.1, 0.15) is 0 Å². The predicted molar refractivity (Wildman–Crippen MR) is 120 cm³/mol. The summed E-state index contributed by atoms with van der Waals surface area (Å²) in [5.41, 5.74) is 3.48. The molecule has 1 aliphatic carbocycles. The number of rotatable bonds is 7. The number of hydrogen-bond donors (Lipinski definition) is 1. The van der Waals surface area contributed by atoms with Crippen LogP contribution in [-0.2, 0) is 6.54 Å². The summed E-state index contributed by atoms with van der Waals surface area (Å²) in [6.07, 6.45) is 11.3. The lowest BCUT2D eigenvalue weighted by molar-refractivity contribution is 0.0306. The van der Waals surface area contributed by atoms with Crippen LogP contribution in [0, 0.1) is 11.3 Å². The zero-order valence-electron chi connectivity index (χ0n) is 18.3. The molecular weight excluding hydrogens is 342 g/mol. The molecule has 0 radical (unpaired) electrons. The summed E-state index contributed by atoms with van der Waals surface area (Å²) in [5.74, 6) is 0.764. The molecule has 0 bridgehead atoms. The highest BCUT2D eigenvalue weighted by atomic mass is 15.2. The van der Waals surface area contributed by atoms with E-state index in [-0.39, 0.29) is 0 Å². The molecule has 3 nitrogen and oxygen atoms in total. The van der Waals surface area contributed by atoms with Gasteiger partial charge in [0.15, 0.2) is 0 Å². The molecular formula is C25H41N3. The van der Waals surface area contributed by atoms with Crippen LogP contribution < -0.4 is 10.2 Å². The van der Waals surface area contributed by atoms with E-state index in [1.54, 1.807) is 0 Å². The minimum absolute atomic E-state index is 0.649. The Hall–Kier alpha value is -1.06. The van der Waals surface area contributed by atoms with Crippen molar-refractivity contribution >= 4 is 5.69 Å². The fourth-order valence-corrected chi connectivity index (χ4v) is 5.29. The third kappa shape index (κ3) is 4.74. The van der Waals surface area contributed by atoms with Crippen LogP contribution in [0.25, 0.3) is 0 Å². The van der Waals surface area contributed by atoms with Gasteiger partial charge < -0.3 is 15.1 Å². The van der Waals surface area contributed by atoms with Crippen molar-refractivity contribution < 1.29 is 0 Å². The molecule has 2 heterocycles. The molecule has 3 aliphatic rings. The van der Waals surface area contributed by atoms with E-state index in [1.165, 1.54) is 88.8 Å². The molecule has 0 aromatic heterocycles. The Morgan fingerprint density at radius 2 is 1.64 bits per heavy atom. The monoisotopic (exact) mass is 383 g/mol. The van der Waals surface area contributed by atoms with E-state index in [9.17, 15) is 0 Å². The first-order chi connectivity index (χ1) is 13.7. The molecule has 1 aromatic rings. The minimum Gasteiger partial charge on any atom is -0.371 e. The van der Waals surface area contributed by atoms with Gasteiger partial charge in [-0.05, 0) is 87.2 Å². The zero-order chi connectivity index (χ0) is 19.4. The highest BCUT2D eigenvalue weighted by Crippen LogP contribution is 2.43. The normalized spacial score (nSPS) is 24.3. The Kier molecular flexibility index (Phi) is 6.62. The van der Waals surface area contributed by atoms with Gasteiger partial charge in [-0.15, -0.1) is 0 Å². The molecule has 1 N–H and O–H groups in total. The zero-order valence-corrected chi connectivity index (χ0v) is 18.3. The molecule has 1 saturated carbocycles. The fourth-order valence-electron chi connectivity index (χ4n) is 5.29. The summed E-state index contributed by atoms with van der Waals surface area (Å²) < 4.78 is 0. The molecule has 1 atom stereocenters. The van der Waals surface area contributed by atoms with Crippen LogP contribution in [-0.4, -0.2) is 43.7 Å². The second kappa shape index (κ2) is 9.17. The van der Waals surface area contributed by atoms with Gasteiger partial charge in [-0.1, -0.05) is 38.8 Å². The summed E-state index contributed by atoms with van der Waals surface area (Å²) >= 11 is 0. The average molecular weight is 384 g/mol. The Morgan fingerprint density at radius 3 is 2.21 bits per heavy atom. The average Bonchev–Trinajstić information content (AvgIpc) is 2.70. The predicted octanol–water partition coefficient (Wildman–Crippen LogP) is 5.06. The molecule has 2 aliphatic heterocycles. The van der Waals surface area contributed by atoms with Crippen molar-refractivity contribution in [1.82, 2.24) is 10.2 Å². The smallest absolute Gasteiger partial charge is 0.0366 e. The largest absolute Gasteiger partial charge is 0.371 e. The van der Waals surface area contributed by atoms with Crippen molar-refractivity contribution in [3.8, 4) is 0 Å². The summed E-state index contributed by atoms with van der Waals surface area (Å²) in [7, 11) is 0. The van der Waals surface area contributed by atoms with E-state index in [2.05, 4.69) is 53.2 Å². The minimum atomic E-state index is 0.649. The molecule has 1 aromatic carbocycles. The summed E-state index contributed by atoms with van der Waals surface area (Å²) in [5, 5.41) is 3.59. The first-order valence-electron chi connectivity index (χ1n) is 12.0. The van der Waals surface area contributed by atoms with Crippen LogP contribution in [0.5, 0.6) is 0 Å². The Balaban J connectivity index is 1.22. The molecule has 4 rings (SSSR count). The number of piperidine rings is 2. The van der Waals surface area contributed by atoms with Crippen molar-refractivity contribution in [2.24, 2.45) is 11.3 Å². The van der Waals surface area contributed by atoms with Gasteiger partial charge in [-0.2, -0.15) is 0 Å². The van der Waals surface area contributed by atoms with Gasteiger partial charge in [-0.25, -0.2) is 0 Å². The molecule has 3 heteroatoms. The maximum Gasteiger partial charge on any atom is 0.0366 e. The molecule has 2 saturated heterocycles. The standard InChI is InChI=1S/C25H41N3/c1-3-21(2)19-26-20-22-7-9-24(10-8-22)28-17-13-25(14-18-28)11-15-27(16-12-25)23-5-4-6-23/h7-10,21,23,26H,3-6,11-20H2,1-2H3. The van der Waals surface area contributed by atoms with Crippen LogP contribution >= 0.6 is 0 Å². The van der Waals surface area contributed by atoms with Crippen LogP contribution in [0.15, 0.2) is 24.3 Å². The van der Waals surface area contributed by atoms with Crippen LogP contribution in [0.1, 0.15) is 70.8 Å². The van der Waals surface area contributed by atoms with Gasteiger partial charge in [-0.3, -0.25) is 0 Å². The Morgan fingerprint density at radius 1 is 1.00 bits per heavy atom. The maximum absolute atomic E-state index is 3.59. The third-order valence-corrected chi connectivity index (χ3v) is 8.09. The van der Waals surface area contributed by atoms with Crippen LogP contribution in [0.3, 0.4) is 0 Å². The first-order valence-corrected chi connectivity index (χ1v) is 12.0.